The number of rotatable bonds is 7. The van der Waals surface area contributed by atoms with Crippen molar-refractivity contribution in [3.8, 4) is 5.75 Å². The normalized spacial score (nSPS) is 32.8. The van der Waals surface area contributed by atoms with E-state index in [4.69, 9.17) is 9.47 Å². The first-order chi connectivity index (χ1) is 14.1. The number of aliphatic hydroxyl groups is 1. The zero-order valence-electron chi connectivity index (χ0n) is 18.6. The first-order valence-corrected chi connectivity index (χ1v) is 11.5. The molecule has 0 aromatic heterocycles. The van der Waals surface area contributed by atoms with E-state index in [1.54, 1.807) is 7.11 Å². The Labute approximate surface area is 199 Å². The van der Waals surface area contributed by atoms with Crippen LogP contribution in [0.25, 0.3) is 0 Å². The van der Waals surface area contributed by atoms with Gasteiger partial charge < -0.3 is 19.5 Å². The summed E-state index contributed by atoms with van der Waals surface area (Å²) in [5, 5.41) is 10.6. The summed E-state index contributed by atoms with van der Waals surface area (Å²) in [5.74, 6) is 3.58. The Balaban J connectivity index is 0.00000136. The molecule has 0 amide bonds. The SMILES string of the molecule is COc1ccc(N2CCN(CC(O)COC34CC5CC(CC(C5)C3)C4)CC2)cc1.Cl.Cl. The second-order valence-electron chi connectivity index (χ2n) is 10.1. The van der Waals surface area contributed by atoms with Crippen LogP contribution >= 0.6 is 24.8 Å². The van der Waals surface area contributed by atoms with Gasteiger partial charge in [0.25, 0.3) is 0 Å². The van der Waals surface area contributed by atoms with Crippen LogP contribution in [0.2, 0.25) is 0 Å². The van der Waals surface area contributed by atoms with Gasteiger partial charge in [0.1, 0.15) is 5.75 Å². The van der Waals surface area contributed by atoms with Gasteiger partial charge in [-0.2, -0.15) is 0 Å². The van der Waals surface area contributed by atoms with Crippen LogP contribution in [0.1, 0.15) is 38.5 Å². The van der Waals surface area contributed by atoms with Crippen molar-refractivity contribution in [2.24, 2.45) is 17.8 Å². The molecule has 1 aromatic carbocycles. The minimum atomic E-state index is -0.379. The van der Waals surface area contributed by atoms with Crippen LogP contribution in [0.15, 0.2) is 24.3 Å². The molecule has 1 N–H and O–H groups in total. The molecule has 31 heavy (non-hydrogen) atoms. The molecule has 5 nitrogen and oxygen atoms in total. The monoisotopic (exact) mass is 472 g/mol. The molecule has 1 atom stereocenters. The van der Waals surface area contributed by atoms with Gasteiger partial charge in [-0.3, -0.25) is 4.90 Å². The number of nitrogens with zero attached hydrogens (tertiary/aromatic N) is 2. The van der Waals surface area contributed by atoms with Gasteiger partial charge in [-0.1, -0.05) is 0 Å². The smallest absolute Gasteiger partial charge is 0.119 e. The second kappa shape index (κ2) is 10.5. The summed E-state index contributed by atoms with van der Waals surface area (Å²) in [5.41, 5.74) is 1.35. The van der Waals surface area contributed by atoms with Crippen LogP contribution in [0.4, 0.5) is 5.69 Å². The number of β-amino-alcohol motifs (C(OH)–C–C–N with tert-alkyl or cyclic N) is 1. The van der Waals surface area contributed by atoms with E-state index in [2.05, 4.69) is 21.9 Å². The van der Waals surface area contributed by atoms with Gasteiger partial charge in [0.2, 0.25) is 0 Å². The van der Waals surface area contributed by atoms with Crippen molar-refractivity contribution in [1.82, 2.24) is 4.90 Å². The number of halogens is 2. The van der Waals surface area contributed by atoms with Crippen molar-refractivity contribution >= 4 is 30.5 Å². The van der Waals surface area contributed by atoms with Gasteiger partial charge in [-0.05, 0) is 80.5 Å². The molecule has 4 saturated carbocycles. The number of aliphatic hydroxyl groups excluding tert-OH is 1. The van der Waals surface area contributed by atoms with Gasteiger partial charge in [0, 0.05) is 38.4 Å². The van der Waals surface area contributed by atoms with Crippen molar-refractivity contribution in [3.63, 3.8) is 0 Å². The highest BCUT2D eigenvalue weighted by Crippen LogP contribution is 2.57. The van der Waals surface area contributed by atoms with Crippen molar-refractivity contribution in [2.75, 3.05) is 51.3 Å². The molecule has 1 saturated heterocycles. The van der Waals surface area contributed by atoms with Crippen molar-refractivity contribution in [2.45, 2.75) is 50.2 Å². The minimum absolute atomic E-state index is 0. The molecule has 7 heteroatoms. The lowest BCUT2D eigenvalue weighted by atomic mass is 9.54. The van der Waals surface area contributed by atoms with Crippen LogP contribution in [-0.4, -0.2) is 68.2 Å². The summed E-state index contributed by atoms with van der Waals surface area (Å²) in [6.07, 6.45) is 7.65. The molecule has 4 bridgehead atoms. The Morgan fingerprint density at radius 1 is 0.935 bits per heavy atom. The summed E-state index contributed by atoms with van der Waals surface area (Å²) in [6, 6.07) is 8.30. The highest BCUT2D eigenvalue weighted by atomic mass is 35.5. The third-order valence-electron chi connectivity index (χ3n) is 7.84. The topological polar surface area (TPSA) is 45.2 Å². The maximum atomic E-state index is 10.6. The molecule has 0 radical (unpaired) electrons. The van der Waals surface area contributed by atoms with Gasteiger partial charge in [-0.25, -0.2) is 0 Å². The highest BCUT2D eigenvalue weighted by molar-refractivity contribution is 5.85. The lowest BCUT2D eigenvalue weighted by Crippen LogP contribution is -2.53. The van der Waals surface area contributed by atoms with E-state index < -0.39 is 0 Å². The van der Waals surface area contributed by atoms with Gasteiger partial charge in [0.15, 0.2) is 0 Å². The molecule has 0 spiro atoms. The van der Waals surface area contributed by atoms with E-state index in [0.29, 0.717) is 6.61 Å². The Hall–Kier alpha value is -0.720. The second-order valence-corrected chi connectivity index (χ2v) is 10.1. The van der Waals surface area contributed by atoms with Crippen molar-refractivity contribution in [3.05, 3.63) is 24.3 Å². The Bertz CT molecular complexity index is 659. The lowest BCUT2D eigenvalue weighted by Gasteiger charge is -2.56. The van der Waals surface area contributed by atoms with Crippen LogP contribution in [0.3, 0.4) is 0 Å². The molecule has 176 valence electrons. The molecule has 4 aliphatic carbocycles. The number of methoxy groups -OCH3 is 1. The largest absolute Gasteiger partial charge is 0.497 e. The predicted molar refractivity (Wildman–Crippen MR) is 129 cm³/mol. The Morgan fingerprint density at radius 2 is 1.48 bits per heavy atom. The van der Waals surface area contributed by atoms with E-state index in [-0.39, 0.29) is 36.5 Å². The predicted octanol–water partition coefficient (Wildman–Crippen LogP) is 4.01. The van der Waals surface area contributed by atoms with Crippen LogP contribution in [0.5, 0.6) is 5.75 Å². The average molecular weight is 473 g/mol. The molecular formula is C24H38Cl2N2O3. The van der Waals surface area contributed by atoms with E-state index in [0.717, 1.165) is 56.2 Å². The van der Waals surface area contributed by atoms with E-state index >= 15 is 0 Å². The molecule has 1 aromatic rings. The molecule has 1 unspecified atom stereocenters. The first-order valence-electron chi connectivity index (χ1n) is 11.5. The van der Waals surface area contributed by atoms with Gasteiger partial charge >= 0.3 is 0 Å². The fourth-order valence-electron chi connectivity index (χ4n) is 6.81. The zero-order valence-corrected chi connectivity index (χ0v) is 20.2. The highest BCUT2D eigenvalue weighted by Gasteiger charge is 2.51. The maximum Gasteiger partial charge on any atom is 0.119 e. The Kier molecular flexibility index (Phi) is 8.42. The standard InChI is InChI=1S/C24H36N2O3.2ClH/c1-28-23-4-2-21(3-5-23)26-8-6-25(7-9-26)16-22(27)17-29-24-13-18-10-19(14-24)12-20(11-18)15-24;;/h2-5,18-20,22,27H,6-17H2,1H3;2*1H. The zero-order chi connectivity index (χ0) is 19.8. The van der Waals surface area contributed by atoms with Gasteiger partial charge in [0.05, 0.1) is 25.4 Å². The van der Waals surface area contributed by atoms with E-state index in [1.165, 1.54) is 44.2 Å². The number of hydrogen-bond donors (Lipinski definition) is 1. The molecule has 5 aliphatic rings. The molecule has 1 heterocycles. The van der Waals surface area contributed by atoms with Gasteiger partial charge in [-0.15, -0.1) is 24.8 Å². The summed E-state index contributed by atoms with van der Waals surface area (Å²) >= 11 is 0. The third-order valence-corrected chi connectivity index (χ3v) is 7.84. The molecule has 5 fully saturated rings. The van der Waals surface area contributed by atoms with E-state index in [1.807, 2.05) is 12.1 Å². The Morgan fingerprint density at radius 3 is 2.00 bits per heavy atom. The number of ether oxygens (including phenoxy) is 2. The fourth-order valence-corrected chi connectivity index (χ4v) is 6.81. The average Bonchev–Trinajstić information content (AvgIpc) is 2.72. The maximum absolute atomic E-state index is 10.6. The van der Waals surface area contributed by atoms with Crippen LogP contribution < -0.4 is 9.64 Å². The summed E-state index contributed by atoms with van der Waals surface area (Å²) in [4.78, 5) is 4.79. The summed E-state index contributed by atoms with van der Waals surface area (Å²) in [6.45, 7) is 5.19. The quantitative estimate of drug-likeness (QED) is 0.649. The first kappa shape index (κ1) is 24.9. The number of anilines is 1. The van der Waals surface area contributed by atoms with Crippen molar-refractivity contribution < 1.29 is 14.6 Å². The number of piperazine rings is 1. The molecule has 6 rings (SSSR count). The minimum Gasteiger partial charge on any atom is -0.497 e. The number of benzene rings is 1. The van der Waals surface area contributed by atoms with Crippen molar-refractivity contribution in [1.29, 1.82) is 0 Å². The third kappa shape index (κ3) is 5.62. The fraction of sp³-hybridized carbons (Fsp3) is 0.750. The molecule has 1 aliphatic heterocycles. The van der Waals surface area contributed by atoms with Crippen LogP contribution in [0, 0.1) is 17.8 Å². The summed E-state index contributed by atoms with van der Waals surface area (Å²) < 4.78 is 11.7. The van der Waals surface area contributed by atoms with Crippen LogP contribution in [-0.2, 0) is 4.74 Å². The lowest BCUT2D eigenvalue weighted by molar-refractivity contribution is -0.176. The molecular weight excluding hydrogens is 435 g/mol. The number of hydrogen-bond acceptors (Lipinski definition) is 5. The van der Waals surface area contributed by atoms with E-state index in [9.17, 15) is 5.11 Å². The summed E-state index contributed by atoms with van der Waals surface area (Å²) in [7, 11) is 1.70.